The topological polar surface area (TPSA) is 80.3 Å². The van der Waals surface area contributed by atoms with Crippen molar-refractivity contribution in [1.29, 1.82) is 0 Å². The smallest absolute Gasteiger partial charge is 0.410 e. The van der Waals surface area contributed by atoms with Crippen molar-refractivity contribution in [3.63, 3.8) is 0 Å². The number of carbonyl (C=O) groups is 1. The number of likely N-dealkylation sites (tertiary alicyclic amines) is 1. The van der Waals surface area contributed by atoms with Gasteiger partial charge in [0, 0.05) is 6.54 Å². The normalized spacial score (nSPS) is 25.0. The summed E-state index contributed by atoms with van der Waals surface area (Å²) in [6, 6.07) is -0.502. The van der Waals surface area contributed by atoms with Gasteiger partial charge in [-0.2, -0.15) is 5.10 Å². The molecule has 1 aliphatic heterocycles. The van der Waals surface area contributed by atoms with Crippen molar-refractivity contribution >= 4 is 32.4 Å². The van der Waals surface area contributed by atoms with Gasteiger partial charge in [-0.3, -0.25) is 4.99 Å². The number of alkyl halides is 1. The van der Waals surface area contributed by atoms with Gasteiger partial charge >= 0.3 is 6.09 Å². The number of halogens is 2. The van der Waals surface area contributed by atoms with Gasteiger partial charge in [0.05, 0.1) is 18.3 Å². The summed E-state index contributed by atoms with van der Waals surface area (Å²) >= 11 is 3.14. The molecule has 0 saturated carbocycles. The first-order chi connectivity index (χ1) is 9.64. The van der Waals surface area contributed by atoms with E-state index in [1.54, 1.807) is 27.7 Å². The Morgan fingerprint density at radius 3 is 2.57 bits per heavy atom. The van der Waals surface area contributed by atoms with Gasteiger partial charge in [-0.25, -0.2) is 9.18 Å². The number of hydrazone groups is 1. The number of aliphatic imine (C=N–C) groups is 1. The van der Waals surface area contributed by atoms with E-state index in [0.717, 1.165) is 0 Å². The van der Waals surface area contributed by atoms with Crippen LogP contribution in [0.25, 0.3) is 0 Å². The molecule has 0 aromatic carbocycles. The molecule has 1 heterocycles. The summed E-state index contributed by atoms with van der Waals surface area (Å²) in [6.07, 6.45) is -1.30. The first kappa shape index (κ1) is 17.9. The average Bonchev–Trinajstić information content (AvgIpc) is 2.37. The minimum Gasteiger partial charge on any atom is -0.444 e. The predicted molar refractivity (Wildman–Crippen MR) is 84.8 cm³/mol. The van der Waals surface area contributed by atoms with Crippen LogP contribution in [0.3, 0.4) is 0 Å². The molecule has 0 aromatic rings. The SMILES string of the molecule is CC(=N[C@H]1CCN(C(=O)OC(C)(C)C)C[C@H]1F)/C(Br)=N\N. The second kappa shape index (κ2) is 7.20. The molecule has 1 amide bonds. The Bertz CT molecular complexity index is 448. The molecule has 1 aliphatic rings. The molecule has 0 aliphatic carbocycles. The number of carbonyl (C=O) groups excluding carboxylic acids is 1. The molecule has 0 bridgehead atoms. The highest BCUT2D eigenvalue weighted by Gasteiger charge is 2.33. The van der Waals surface area contributed by atoms with Crippen LogP contribution in [0.1, 0.15) is 34.1 Å². The maximum atomic E-state index is 14.2. The molecule has 6 nitrogen and oxygen atoms in total. The molecule has 2 atom stereocenters. The van der Waals surface area contributed by atoms with Crippen LogP contribution in [-0.4, -0.2) is 52.2 Å². The quantitative estimate of drug-likeness (QED) is 0.464. The van der Waals surface area contributed by atoms with Crippen LogP contribution in [0.5, 0.6) is 0 Å². The van der Waals surface area contributed by atoms with Crippen molar-refractivity contribution in [3.05, 3.63) is 0 Å². The first-order valence-electron chi connectivity index (χ1n) is 6.74. The third kappa shape index (κ3) is 5.61. The van der Waals surface area contributed by atoms with Gasteiger partial charge in [-0.1, -0.05) is 0 Å². The van der Waals surface area contributed by atoms with Crippen molar-refractivity contribution in [1.82, 2.24) is 4.90 Å². The Morgan fingerprint density at radius 1 is 1.48 bits per heavy atom. The lowest BCUT2D eigenvalue weighted by atomic mass is 10.0. The molecular weight excluding hydrogens is 343 g/mol. The number of rotatable bonds is 2. The number of amides is 1. The second-order valence-electron chi connectivity index (χ2n) is 5.93. The number of hydrogen-bond acceptors (Lipinski definition) is 5. The fraction of sp³-hybridized carbons (Fsp3) is 0.769. The Balaban J connectivity index is 2.65. The number of nitrogens with two attached hydrogens (primary N) is 1. The third-order valence-corrected chi connectivity index (χ3v) is 3.71. The molecule has 0 unspecified atom stereocenters. The van der Waals surface area contributed by atoms with Crippen molar-refractivity contribution < 1.29 is 13.9 Å². The van der Waals surface area contributed by atoms with Crippen LogP contribution in [0.2, 0.25) is 0 Å². The molecule has 0 spiro atoms. The van der Waals surface area contributed by atoms with Gasteiger partial charge in [-0.05, 0) is 50.0 Å². The van der Waals surface area contributed by atoms with E-state index in [9.17, 15) is 9.18 Å². The second-order valence-corrected chi connectivity index (χ2v) is 6.68. The van der Waals surface area contributed by atoms with Crippen LogP contribution < -0.4 is 5.84 Å². The lowest BCUT2D eigenvalue weighted by Gasteiger charge is -2.34. The summed E-state index contributed by atoms with van der Waals surface area (Å²) in [5, 5.41) is 3.46. The van der Waals surface area contributed by atoms with Gasteiger partial charge in [0.25, 0.3) is 0 Å². The lowest BCUT2D eigenvalue weighted by molar-refractivity contribution is 0.0117. The van der Waals surface area contributed by atoms with E-state index < -0.39 is 23.9 Å². The van der Waals surface area contributed by atoms with E-state index >= 15 is 0 Å². The summed E-state index contributed by atoms with van der Waals surface area (Å²) < 4.78 is 19.8. The first-order valence-corrected chi connectivity index (χ1v) is 7.53. The fourth-order valence-electron chi connectivity index (χ4n) is 1.93. The molecule has 120 valence electrons. The molecule has 0 radical (unpaired) electrons. The summed E-state index contributed by atoms with van der Waals surface area (Å²) in [7, 11) is 0. The zero-order valence-corrected chi connectivity index (χ0v) is 14.4. The molecule has 21 heavy (non-hydrogen) atoms. The minimum absolute atomic E-state index is 0.0201. The largest absolute Gasteiger partial charge is 0.444 e. The third-order valence-electron chi connectivity index (χ3n) is 2.93. The standard InChI is InChI=1S/C13H22BrFN4O2/c1-8(11(14)18-16)17-10-5-6-19(7-9(10)15)12(20)21-13(2,3)4/h9-10H,5-7,16H2,1-4H3/b17-8?,18-11+/t9-,10+/m1/s1. The Kier molecular flexibility index (Phi) is 6.12. The van der Waals surface area contributed by atoms with Crippen LogP contribution in [0, 0.1) is 0 Å². The fourth-order valence-corrected chi connectivity index (χ4v) is 2.03. The number of hydrogen-bond donors (Lipinski definition) is 1. The Labute approximate surface area is 132 Å². The summed E-state index contributed by atoms with van der Waals surface area (Å²) in [5.74, 6) is 5.13. The van der Waals surface area contributed by atoms with Crippen LogP contribution >= 0.6 is 15.9 Å². The molecule has 1 rings (SSSR count). The van der Waals surface area contributed by atoms with Gasteiger partial charge in [0.1, 0.15) is 16.4 Å². The van der Waals surface area contributed by atoms with E-state index in [1.807, 2.05) is 0 Å². The number of ether oxygens (including phenoxy) is 1. The van der Waals surface area contributed by atoms with E-state index in [0.29, 0.717) is 23.3 Å². The van der Waals surface area contributed by atoms with Crippen LogP contribution in [0.4, 0.5) is 9.18 Å². The molecule has 1 fully saturated rings. The summed E-state index contributed by atoms with van der Waals surface area (Å²) in [5.41, 5.74) is -0.0485. The Morgan fingerprint density at radius 2 is 2.10 bits per heavy atom. The van der Waals surface area contributed by atoms with Gasteiger partial charge in [0.2, 0.25) is 0 Å². The van der Waals surface area contributed by atoms with Gasteiger partial charge < -0.3 is 15.5 Å². The molecular formula is C13H22BrFN4O2. The highest BCUT2D eigenvalue weighted by Crippen LogP contribution is 2.20. The molecule has 2 N–H and O–H groups in total. The summed E-state index contributed by atoms with van der Waals surface area (Å²) in [4.78, 5) is 17.5. The number of nitrogens with zero attached hydrogens (tertiary/aromatic N) is 3. The number of piperidine rings is 1. The monoisotopic (exact) mass is 364 g/mol. The molecule has 1 saturated heterocycles. The maximum Gasteiger partial charge on any atom is 0.410 e. The van der Waals surface area contributed by atoms with Crippen molar-refractivity contribution in [2.45, 2.75) is 51.9 Å². The highest BCUT2D eigenvalue weighted by molar-refractivity contribution is 9.19. The minimum atomic E-state index is -1.24. The zero-order chi connectivity index (χ0) is 16.2. The van der Waals surface area contributed by atoms with Crippen LogP contribution in [-0.2, 0) is 4.74 Å². The van der Waals surface area contributed by atoms with Crippen molar-refractivity contribution in [3.8, 4) is 0 Å². The summed E-state index contributed by atoms with van der Waals surface area (Å²) in [6.45, 7) is 7.43. The Hall–Kier alpha value is -1.18. The molecule has 8 heteroatoms. The zero-order valence-electron chi connectivity index (χ0n) is 12.8. The van der Waals surface area contributed by atoms with E-state index in [1.165, 1.54) is 4.90 Å². The average molecular weight is 365 g/mol. The van der Waals surface area contributed by atoms with E-state index in [2.05, 4.69) is 26.0 Å². The van der Waals surface area contributed by atoms with Crippen LogP contribution in [0.15, 0.2) is 10.1 Å². The maximum absolute atomic E-state index is 14.2. The van der Waals surface area contributed by atoms with Gasteiger partial charge in [0.15, 0.2) is 0 Å². The van der Waals surface area contributed by atoms with E-state index in [4.69, 9.17) is 10.6 Å². The predicted octanol–water partition coefficient (Wildman–Crippen LogP) is 2.46. The molecule has 0 aromatic heterocycles. The lowest BCUT2D eigenvalue weighted by Crippen LogP contribution is -2.48. The van der Waals surface area contributed by atoms with Crippen molar-refractivity contribution in [2.24, 2.45) is 15.9 Å². The van der Waals surface area contributed by atoms with Crippen molar-refractivity contribution in [2.75, 3.05) is 13.1 Å². The van der Waals surface area contributed by atoms with E-state index in [-0.39, 0.29) is 6.54 Å². The van der Waals surface area contributed by atoms with Gasteiger partial charge in [-0.15, -0.1) is 0 Å². The highest BCUT2D eigenvalue weighted by atomic mass is 79.9.